The summed E-state index contributed by atoms with van der Waals surface area (Å²) < 4.78 is 0. The van der Waals surface area contributed by atoms with E-state index in [0.29, 0.717) is 6.54 Å². The van der Waals surface area contributed by atoms with Crippen molar-refractivity contribution in [3.05, 3.63) is 71.8 Å². The highest BCUT2D eigenvalue weighted by Crippen LogP contribution is 2.40. The molecule has 0 aromatic heterocycles. The molecule has 2 aromatic carbocycles. The van der Waals surface area contributed by atoms with Crippen molar-refractivity contribution in [2.75, 3.05) is 7.05 Å². The predicted octanol–water partition coefficient (Wildman–Crippen LogP) is 1.73. The first-order valence-corrected chi connectivity index (χ1v) is 8.10. The zero-order chi connectivity index (χ0) is 16.7. The van der Waals surface area contributed by atoms with Crippen molar-refractivity contribution in [1.82, 2.24) is 15.3 Å². The Morgan fingerprint density at radius 1 is 0.917 bits per heavy atom. The third-order valence-corrected chi connectivity index (χ3v) is 4.89. The van der Waals surface area contributed by atoms with E-state index in [2.05, 4.69) is 5.43 Å². The largest absolute Gasteiger partial charge is 0.284 e. The Morgan fingerprint density at radius 3 is 2.21 bits per heavy atom. The molecule has 2 fully saturated rings. The summed E-state index contributed by atoms with van der Waals surface area (Å²) in [5.41, 5.74) is 5.54. The highest BCUT2D eigenvalue weighted by Gasteiger charge is 2.57. The van der Waals surface area contributed by atoms with Gasteiger partial charge in [0.1, 0.15) is 6.04 Å². The average Bonchev–Trinajstić information content (AvgIpc) is 3.09. The van der Waals surface area contributed by atoms with Crippen LogP contribution in [0.5, 0.6) is 0 Å². The number of benzene rings is 2. The second-order valence-electron chi connectivity index (χ2n) is 6.34. The molecule has 1 N–H and O–H groups in total. The molecule has 2 aliphatic heterocycles. The van der Waals surface area contributed by atoms with E-state index in [0.717, 1.165) is 11.1 Å². The van der Waals surface area contributed by atoms with Crippen molar-refractivity contribution in [2.24, 2.45) is 5.92 Å². The quantitative estimate of drug-likeness (QED) is 0.875. The van der Waals surface area contributed by atoms with E-state index in [1.54, 1.807) is 7.05 Å². The molecule has 0 aliphatic carbocycles. The molecule has 5 nitrogen and oxygen atoms in total. The van der Waals surface area contributed by atoms with Crippen LogP contribution in [0.1, 0.15) is 17.2 Å². The van der Waals surface area contributed by atoms with Gasteiger partial charge in [-0.2, -0.15) is 0 Å². The summed E-state index contributed by atoms with van der Waals surface area (Å²) in [5.74, 6) is -0.623. The lowest BCUT2D eigenvalue weighted by Gasteiger charge is -2.23. The number of nitrogens with zero attached hydrogens (tertiary/aromatic N) is 2. The summed E-state index contributed by atoms with van der Waals surface area (Å²) in [6.45, 7) is 0.582. The summed E-state index contributed by atoms with van der Waals surface area (Å²) in [5, 5.41) is 1.92. The number of hydrazine groups is 1. The lowest BCUT2D eigenvalue weighted by atomic mass is 9.91. The normalized spacial score (nSPS) is 26.9. The first kappa shape index (κ1) is 15.1. The standard InChI is InChI=1S/C19H19N3O2/c1-21-18(23)15-16(14-10-6-3-7-11-14)20-22(17(15)19(21)24)12-13-8-4-2-5-9-13/h2-11,15-17,20H,12H2,1H3/t15-,16-,17-/m0/s1. The summed E-state index contributed by atoms with van der Waals surface area (Å²) in [6, 6.07) is 19.2. The van der Waals surface area contributed by atoms with Gasteiger partial charge >= 0.3 is 0 Å². The minimum atomic E-state index is -0.451. The highest BCUT2D eigenvalue weighted by atomic mass is 16.2. The van der Waals surface area contributed by atoms with Gasteiger partial charge in [0.15, 0.2) is 0 Å². The zero-order valence-corrected chi connectivity index (χ0v) is 13.4. The van der Waals surface area contributed by atoms with Crippen LogP contribution >= 0.6 is 0 Å². The first-order valence-electron chi connectivity index (χ1n) is 8.10. The van der Waals surface area contributed by atoms with Crippen molar-refractivity contribution in [2.45, 2.75) is 18.6 Å². The van der Waals surface area contributed by atoms with Crippen LogP contribution in [0.2, 0.25) is 0 Å². The first-order chi connectivity index (χ1) is 11.7. The monoisotopic (exact) mass is 321 g/mol. The Kier molecular flexibility index (Phi) is 3.67. The molecule has 122 valence electrons. The van der Waals surface area contributed by atoms with Gasteiger partial charge in [-0.1, -0.05) is 60.7 Å². The summed E-state index contributed by atoms with van der Waals surface area (Å²) in [7, 11) is 1.58. The van der Waals surface area contributed by atoms with E-state index >= 15 is 0 Å². The molecule has 4 rings (SSSR count). The van der Waals surface area contributed by atoms with E-state index in [1.807, 2.05) is 65.7 Å². The number of rotatable bonds is 3. The molecular weight excluding hydrogens is 302 g/mol. The molecule has 0 saturated carbocycles. The fourth-order valence-electron chi connectivity index (χ4n) is 3.68. The molecule has 2 aliphatic rings. The minimum Gasteiger partial charge on any atom is -0.284 e. The van der Waals surface area contributed by atoms with Crippen molar-refractivity contribution in [3.63, 3.8) is 0 Å². The molecule has 2 saturated heterocycles. The van der Waals surface area contributed by atoms with Crippen LogP contribution in [0.3, 0.4) is 0 Å². The number of fused-ring (bicyclic) bond motifs is 1. The Hall–Kier alpha value is -2.50. The molecule has 2 amide bonds. The smallest absolute Gasteiger partial charge is 0.248 e. The number of carbonyl (C=O) groups is 2. The maximum Gasteiger partial charge on any atom is 0.248 e. The van der Waals surface area contributed by atoms with Crippen LogP contribution in [0.4, 0.5) is 0 Å². The number of hydrogen-bond donors (Lipinski definition) is 1. The van der Waals surface area contributed by atoms with Gasteiger partial charge in [-0.25, -0.2) is 10.4 Å². The maximum atomic E-state index is 12.6. The average molecular weight is 321 g/mol. The Labute approximate surface area is 140 Å². The molecule has 2 aromatic rings. The molecule has 0 bridgehead atoms. The zero-order valence-electron chi connectivity index (χ0n) is 13.4. The summed E-state index contributed by atoms with van der Waals surface area (Å²) >= 11 is 0. The van der Waals surface area contributed by atoms with Gasteiger partial charge in [0.2, 0.25) is 11.8 Å². The van der Waals surface area contributed by atoms with Crippen LogP contribution in [0.25, 0.3) is 0 Å². The van der Waals surface area contributed by atoms with Gasteiger partial charge in [0.25, 0.3) is 0 Å². The molecule has 3 atom stereocenters. The number of amides is 2. The highest BCUT2D eigenvalue weighted by molar-refractivity contribution is 6.07. The number of hydrogen-bond acceptors (Lipinski definition) is 4. The van der Waals surface area contributed by atoms with E-state index in [4.69, 9.17) is 0 Å². The minimum absolute atomic E-state index is 0.109. The molecule has 0 radical (unpaired) electrons. The summed E-state index contributed by atoms with van der Waals surface area (Å²) in [6.07, 6.45) is 0. The van der Waals surface area contributed by atoms with E-state index < -0.39 is 6.04 Å². The van der Waals surface area contributed by atoms with Crippen molar-refractivity contribution >= 4 is 11.8 Å². The molecule has 5 heteroatoms. The third-order valence-electron chi connectivity index (χ3n) is 4.89. The van der Waals surface area contributed by atoms with E-state index in [-0.39, 0.29) is 23.8 Å². The molecular formula is C19H19N3O2. The fraction of sp³-hybridized carbons (Fsp3) is 0.263. The van der Waals surface area contributed by atoms with Crippen LogP contribution in [-0.4, -0.2) is 34.8 Å². The molecule has 2 heterocycles. The SMILES string of the molecule is CN1C(=O)[C@@H]2[C@@H](C1=O)N(Cc1ccccc1)N[C@H]2c1ccccc1. The van der Waals surface area contributed by atoms with E-state index in [1.165, 1.54) is 4.90 Å². The van der Waals surface area contributed by atoms with Crippen LogP contribution in [-0.2, 0) is 16.1 Å². The van der Waals surface area contributed by atoms with E-state index in [9.17, 15) is 9.59 Å². The van der Waals surface area contributed by atoms with Crippen molar-refractivity contribution in [3.8, 4) is 0 Å². The number of nitrogens with one attached hydrogen (secondary N) is 1. The van der Waals surface area contributed by atoms with Crippen molar-refractivity contribution < 1.29 is 9.59 Å². The maximum absolute atomic E-state index is 12.6. The third kappa shape index (κ3) is 2.33. The van der Waals surface area contributed by atoms with Crippen LogP contribution < -0.4 is 5.43 Å². The lowest BCUT2D eigenvalue weighted by Crippen LogP contribution is -2.43. The molecule has 0 spiro atoms. The van der Waals surface area contributed by atoms with Crippen LogP contribution in [0, 0.1) is 5.92 Å². The van der Waals surface area contributed by atoms with Gasteiger partial charge in [0.05, 0.1) is 12.0 Å². The van der Waals surface area contributed by atoms with Gasteiger partial charge < -0.3 is 0 Å². The Balaban J connectivity index is 1.69. The van der Waals surface area contributed by atoms with Gasteiger partial charge in [-0.15, -0.1) is 0 Å². The number of carbonyl (C=O) groups excluding carboxylic acids is 2. The number of imide groups is 1. The number of likely N-dealkylation sites (tertiary alicyclic amines) is 1. The van der Waals surface area contributed by atoms with Crippen LogP contribution in [0.15, 0.2) is 60.7 Å². The Morgan fingerprint density at radius 2 is 1.54 bits per heavy atom. The van der Waals surface area contributed by atoms with Crippen molar-refractivity contribution in [1.29, 1.82) is 0 Å². The number of likely N-dealkylation sites (N-methyl/N-ethyl adjacent to an activating group) is 1. The second kappa shape index (κ2) is 5.85. The van der Waals surface area contributed by atoms with Gasteiger partial charge in [-0.3, -0.25) is 14.5 Å². The molecule has 0 unspecified atom stereocenters. The van der Waals surface area contributed by atoms with Gasteiger partial charge in [-0.05, 0) is 11.1 Å². The Bertz CT molecular complexity index is 763. The topological polar surface area (TPSA) is 52.7 Å². The van der Waals surface area contributed by atoms with Gasteiger partial charge in [0, 0.05) is 13.6 Å². The summed E-state index contributed by atoms with van der Waals surface area (Å²) in [4.78, 5) is 26.5. The predicted molar refractivity (Wildman–Crippen MR) is 89.4 cm³/mol. The fourth-order valence-corrected chi connectivity index (χ4v) is 3.68. The molecule has 24 heavy (non-hydrogen) atoms. The second-order valence-corrected chi connectivity index (χ2v) is 6.34. The lowest BCUT2D eigenvalue weighted by molar-refractivity contribution is -0.139.